The van der Waals surface area contributed by atoms with Crippen LogP contribution in [0.1, 0.15) is 30.2 Å². The van der Waals surface area contributed by atoms with Crippen LogP contribution in [-0.2, 0) is 16.1 Å². The summed E-state index contributed by atoms with van der Waals surface area (Å²) in [6, 6.07) is 1.97. The van der Waals surface area contributed by atoms with Crippen LogP contribution < -0.4 is 0 Å². The third kappa shape index (κ3) is 4.07. The van der Waals surface area contributed by atoms with Crippen molar-refractivity contribution in [1.82, 2.24) is 4.90 Å². The Balaban J connectivity index is 1.95. The Morgan fingerprint density at radius 1 is 1.62 bits per heavy atom. The SMILES string of the molecule is CCC1OCCC1C(=O)N(C)Cc1csc(C#CCO)c1. The number of aliphatic hydroxyl groups is 1. The molecule has 1 saturated heterocycles. The van der Waals surface area contributed by atoms with Gasteiger partial charge in [-0.3, -0.25) is 4.79 Å². The highest BCUT2D eigenvalue weighted by atomic mass is 32.1. The highest BCUT2D eigenvalue weighted by Gasteiger charge is 2.34. The van der Waals surface area contributed by atoms with E-state index in [1.165, 1.54) is 11.3 Å². The van der Waals surface area contributed by atoms with Gasteiger partial charge in [-0.25, -0.2) is 0 Å². The maximum Gasteiger partial charge on any atom is 0.228 e. The van der Waals surface area contributed by atoms with Crippen molar-refractivity contribution in [3.05, 3.63) is 21.9 Å². The van der Waals surface area contributed by atoms with Gasteiger partial charge >= 0.3 is 0 Å². The van der Waals surface area contributed by atoms with Gasteiger partial charge in [-0.1, -0.05) is 18.8 Å². The van der Waals surface area contributed by atoms with Crippen LogP contribution >= 0.6 is 11.3 Å². The molecule has 2 atom stereocenters. The number of amides is 1. The van der Waals surface area contributed by atoms with Crippen molar-refractivity contribution < 1.29 is 14.6 Å². The fourth-order valence-corrected chi connectivity index (χ4v) is 3.39. The van der Waals surface area contributed by atoms with E-state index in [-0.39, 0.29) is 24.5 Å². The Morgan fingerprint density at radius 2 is 2.43 bits per heavy atom. The summed E-state index contributed by atoms with van der Waals surface area (Å²) in [7, 11) is 1.84. The van der Waals surface area contributed by atoms with Crippen LogP contribution in [0.15, 0.2) is 11.4 Å². The van der Waals surface area contributed by atoms with Crippen LogP contribution in [0.25, 0.3) is 0 Å². The summed E-state index contributed by atoms with van der Waals surface area (Å²) in [5, 5.41) is 10.7. The van der Waals surface area contributed by atoms with Crippen LogP contribution in [0.4, 0.5) is 0 Å². The summed E-state index contributed by atoms with van der Waals surface area (Å²) in [6.07, 6.45) is 1.76. The molecule has 0 aliphatic carbocycles. The predicted molar refractivity (Wildman–Crippen MR) is 82.9 cm³/mol. The Kier molecular flexibility index (Phi) is 5.80. The standard InChI is InChI=1S/C16H21NO3S/c1-3-15-14(6-8-20-15)16(19)17(2)10-12-9-13(21-11-12)5-4-7-18/h9,11,14-15,18H,3,6-8,10H2,1-2H3. The summed E-state index contributed by atoms with van der Waals surface area (Å²) in [5.41, 5.74) is 1.07. The molecule has 2 unspecified atom stereocenters. The molecule has 0 bridgehead atoms. The number of carbonyl (C=O) groups is 1. The minimum absolute atomic E-state index is 0.00714. The maximum absolute atomic E-state index is 12.5. The first kappa shape index (κ1) is 16.0. The van der Waals surface area contributed by atoms with Crippen molar-refractivity contribution >= 4 is 17.2 Å². The fraction of sp³-hybridized carbons (Fsp3) is 0.562. The molecule has 1 N–H and O–H groups in total. The van der Waals surface area contributed by atoms with Gasteiger partial charge < -0.3 is 14.7 Å². The third-order valence-corrected chi connectivity index (χ3v) is 4.56. The van der Waals surface area contributed by atoms with Gasteiger partial charge in [0.1, 0.15) is 6.61 Å². The number of ether oxygens (including phenoxy) is 1. The van der Waals surface area contributed by atoms with Gasteiger partial charge in [-0.2, -0.15) is 0 Å². The van der Waals surface area contributed by atoms with Crippen molar-refractivity contribution in [2.75, 3.05) is 20.3 Å². The highest BCUT2D eigenvalue weighted by molar-refractivity contribution is 7.10. The van der Waals surface area contributed by atoms with Gasteiger partial charge in [0.25, 0.3) is 0 Å². The van der Waals surface area contributed by atoms with Crippen LogP contribution in [0.2, 0.25) is 0 Å². The second-order valence-electron chi connectivity index (χ2n) is 5.19. The van der Waals surface area contributed by atoms with Gasteiger partial charge in [0.15, 0.2) is 0 Å². The smallest absolute Gasteiger partial charge is 0.228 e. The molecule has 1 aromatic rings. The van der Waals surface area contributed by atoms with E-state index in [1.54, 1.807) is 4.90 Å². The number of thiophene rings is 1. The number of rotatable bonds is 4. The van der Waals surface area contributed by atoms with Gasteiger partial charge in [0.2, 0.25) is 5.91 Å². The minimum Gasteiger partial charge on any atom is -0.384 e. The molecular formula is C16H21NO3S. The van der Waals surface area contributed by atoms with Gasteiger partial charge in [-0.15, -0.1) is 11.3 Å². The number of nitrogens with zero attached hydrogens (tertiary/aromatic N) is 1. The average Bonchev–Trinajstić information content (AvgIpc) is 3.12. The molecule has 1 aliphatic heterocycles. The molecule has 114 valence electrons. The van der Waals surface area contributed by atoms with E-state index < -0.39 is 0 Å². The zero-order chi connectivity index (χ0) is 15.2. The summed E-state index contributed by atoms with van der Waals surface area (Å²) < 4.78 is 5.60. The first-order valence-corrected chi connectivity index (χ1v) is 8.07. The van der Waals surface area contributed by atoms with E-state index in [0.717, 1.165) is 23.3 Å². The third-order valence-electron chi connectivity index (χ3n) is 3.67. The van der Waals surface area contributed by atoms with Crippen LogP contribution in [0.3, 0.4) is 0 Å². The van der Waals surface area contributed by atoms with Crippen molar-refractivity contribution in [1.29, 1.82) is 0 Å². The molecule has 4 nitrogen and oxygen atoms in total. The quantitative estimate of drug-likeness (QED) is 0.864. The Morgan fingerprint density at radius 3 is 3.14 bits per heavy atom. The van der Waals surface area contributed by atoms with E-state index in [0.29, 0.717) is 13.2 Å². The Hall–Kier alpha value is -1.35. The molecule has 0 spiro atoms. The van der Waals surface area contributed by atoms with Gasteiger partial charge in [0, 0.05) is 20.2 Å². The van der Waals surface area contributed by atoms with Gasteiger partial charge in [-0.05, 0) is 29.9 Å². The molecule has 1 fully saturated rings. The molecule has 0 radical (unpaired) electrons. The maximum atomic E-state index is 12.5. The van der Waals surface area contributed by atoms with E-state index in [4.69, 9.17) is 9.84 Å². The lowest BCUT2D eigenvalue weighted by Crippen LogP contribution is -2.36. The molecule has 21 heavy (non-hydrogen) atoms. The minimum atomic E-state index is -0.133. The van der Waals surface area contributed by atoms with Crippen molar-refractivity contribution in [3.63, 3.8) is 0 Å². The van der Waals surface area contributed by atoms with Crippen LogP contribution in [0, 0.1) is 17.8 Å². The van der Waals surface area contributed by atoms with Crippen molar-refractivity contribution in [3.8, 4) is 11.8 Å². The lowest BCUT2D eigenvalue weighted by atomic mass is 9.98. The van der Waals surface area contributed by atoms with Crippen molar-refractivity contribution in [2.45, 2.75) is 32.4 Å². The summed E-state index contributed by atoms with van der Waals surface area (Å²) in [5.74, 6) is 5.67. The normalized spacial score (nSPS) is 20.9. The van der Waals surface area contributed by atoms with E-state index >= 15 is 0 Å². The Bertz CT molecular complexity index is 543. The second-order valence-corrected chi connectivity index (χ2v) is 6.10. The molecule has 0 saturated carbocycles. The summed E-state index contributed by atoms with van der Waals surface area (Å²) in [6.45, 7) is 3.19. The zero-order valence-corrected chi connectivity index (χ0v) is 13.3. The fourth-order valence-electron chi connectivity index (χ4n) is 2.62. The van der Waals surface area contributed by atoms with Crippen LogP contribution in [-0.4, -0.2) is 42.3 Å². The second kappa shape index (κ2) is 7.60. The number of aliphatic hydroxyl groups excluding tert-OH is 1. The van der Waals surface area contributed by atoms with E-state index in [2.05, 4.69) is 18.8 Å². The first-order valence-electron chi connectivity index (χ1n) is 7.19. The Labute approximate surface area is 129 Å². The van der Waals surface area contributed by atoms with E-state index in [9.17, 15) is 4.79 Å². The molecule has 1 aliphatic rings. The average molecular weight is 307 g/mol. The molecule has 1 amide bonds. The van der Waals surface area contributed by atoms with Crippen molar-refractivity contribution in [2.24, 2.45) is 5.92 Å². The lowest BCUT2D eigenvalue weighted by Gasteiger charge is -2.23. The molecule has 1 aromatic heterocycles. The predicted octanol–water partition coefficient (Wildman–Crippen LogP) is 1.87. The number of carbonyl (C=O) groups excluding carboxylic acids is 1. The number of hydrogen-bond donors (Lipinski definition) is 1. The largest absolute Gasteiger partial charge is 0.384 e. The highest BCUT2D eigenvalue weighted by Crippen LogP contribution is 2.26. The zero-order valence-electron chi connectivity index (χ0n) is 12.5. The van der Waals surface area contributed by atoms with Gasteiger partial charge in [0.05, 0.1) is 16.9 Å². The molecule has 5 heteroatoms. The first-order chi connectivity index (χ1) is 10.2. The molecule has 2 rings (SSSR count). The number of hydrogen-bond acceptors (Lipinski definition) is 4. The lowest BCUT2D eigenvalue weighted by molar-refractivity contribution is -0.136. The monoisotopic (exact) mass is 307 g/mol. The molecule has 2 heterocycles. The molecule has 0 aromatic carbocycles. The summed E-state index contributed by atoms with van der Waals surface area (Å²) >= 11 is 1.53. The topological polar surface area (TPSA) is 49.8 Å². The van der Waals surface area contributed by atoms with E-state index in [1.807, 2.05) is 18.5 Å². The van der Waals surface area contributed by atoms with Crippen LogP contribution in [0.5, 0.6) is 0 Å². The summed E-state index contributed by atoms with van der Waals surface area (Å²) in [4.78, 5) is 15.2. The molecular weight excluding hydrogens is 286 g/mol.